The van der Waals surface area contributed by atoms with Crippen LogP contribution in [-0.4, -0.2) is 49.5 Å². The Morgan fingerprint density at radius 1 is 1.13 bits per heavy atom. The third-order valence-electron chi connectivity index (χ3n) is 5.16. The molecule has 9 heteroatoms. The number of urea groups is 1. The fourth-order valence-corrected chi connectivity index (χ4v) is 3.44. The minimum atomic E-state index is -1.32. The molecule has 3 rings (SSSR count). The molecule has 1 atom stereocenters. The number of hydrogen-bond acceptors (Lipinski definition) is 6. The Balaban J connectivity index is 1.78. The number of benzene rings is 2. The predicted molar refractivity (Wildman–Crippen MR) is 112 cm³/mol. The molecule has 0 bridgehead atoms. The maximum Gasteiger partial charge on any atom is 0.339 e. The molecule has 0 radical (unpaired) electrons. The zero-order chi connectivity index (χ0) is 22.8. The van der Waals surface area contributed by atoms with E-state index in [0.29, 0.717) is 11.3 Å². The molecule has 0 aromatic heterocycles. The Labute approximate surface area is 179 Å². The zero-order valence-electron chi connectivity index (χ0n) is 17.6. The van der Waals surface area contributed by atoms with E-state index >= 15 is 0 Å². The summed E-state index contributed by atoms with van der Waals surface area (Å²) in [6.45, 7) is 2.90. The molecule has 1 heterocycles. The number of ether oxygens (including phenoxy) is 2. The molecule has 2 N–H and O–H groups in total. The van der Waals surface area contributed by atoms with Gasteiger partial charge < -0.3 is 20.1 Å². The van der Waals surface area contributed by atoms with Crippen LogP contribution < -0.4 is 15.4 Å². The number of imide groups is 1. The first-order valence-electron chi connectivity index (χ1n) is 9.47. The van der Waals surface area contributed by atoms with E-state index in [1.807, 2.05) is 6.92 Å². The molecule has 0 spiro atoms. The Hall–Kier alpha value is -3.88. The molecule has 0 aliphatic carbocycles. The van der Waals surface area contributed by atoms with Crippen LogP contribution in [0.2, 0.25) is 0 Å². The molecule has 1 aliphatic rings. The van der Waals surface area contributed by atoms with E-state index in [-0.39, 0.29) is 11.3 Å². The minimum absolute atomic E-state index is 0.161. The van der Waals surface area contributed by atoms with Gasteiger partial charge in [-0.25, -0.2) is 9.59 Å². The van der Waals surface area contributed by atoms with Gasteiger partial charge in [0.05, 0.1) is 25.5 Å². The number of nitrogens with one attached hydrogen (secondary N) is 2. The topological polar surface area (TPSA) is 114 Å². The first kappa shape index (κ1) is 21.8. The molecule has 4 amide bonds. The number of rotatable bonds is 6. The van der Waals surface area contributed by atoms with Gasteiger partial charge in [0.2, 0.25) is 5.91 Å². The monoisotopic (exact) mass is 425 g/mol. The van der Waals surface area contributed by atoms with Crippen molar-refractivity contribution in [1.82, 2.24) is 10.2 Å². The Morgan fingerprint density at radius 3 is 2.48 bits per heavy atom. The maximum absolute atomic E-state index is 13.1. The lowest BCUT2D eigenvalue weighted by atomic mass is 9.90. The van der Waals surface area contributed by atoms with Crippen LogP contribution >= 0.6 is 0 Å². The Morgan fingerprint density at radius 2 is 1.84 bits per heavy atom. The lowest BCUT2D eigenvalue weighted by Crippen LogP contribution is -2.42. The van der Waals surface area contributed by atoms with Crippen LogP contribution in [0.15, 0.2) is 42.5 Å². The fraction of sp³-hybridized carbons (Fsp3) is 0.273. The van der Waals surface area contributed by atoms with E-state index in [9.17, 15) is 19.2 Å². The number of aryl methyl sites for hydroxylation is 1. The van der Waals surface area contributed by atoms with Gasteiger partial charge >= 0.3 is 12.0 Å². The van der Waals surface area contributed by atoms with Gasteiger partial charge in [-0.2, -0.15) is 0 Å². The number of anilines is 1. The van der Waals surface area contributed by atoms with Gasteiger partial charge in [-0.3, -0.25) is 14.5 Å². The SMILES string of the molecule is COC(=O)c1ccccc1NC(=O)CN1C(=O)NC(C)(c2ccc(OC)c(C)c2)C1=O. The normalized spacial score (nSPS) is 17.9. The van der Waals surface area contributed by atoms with Gasteiger partial charge in [-0.1, -0.05) is 18.2 Å². The quantitative estimate of drug-likeness (QED) is 0.542. The van der Waals surface area contributed by atoms with Crippen molar-refractivity contribution in [1.29, 1.82) is 0 Å². The maximum atomic E-state index is 13.1. The number of esters is 1. The van der Waals surface area contributed by atoms with Crippen molar-refractivity contribution in [3.8, 4) is 5.75 Å². The number of amides is 4. The molecular formula is C22H23N3O6. The van der Waals surface area contributed by atoms with Gasteiger partial charge in [0, 0.05) is 0 Å². The van der Waals surface area contributed by atoms with Crippen molar-refractivity contribution in [3.05, 3.63) is 59.2 Å². The second-order valence-electron chi connectivity index (χ2n) is 7.22. The number of methoxy groups -OCH3 is 2. The van der Waals surface area contributed by atoms with Crippen molar-refractivity contribution < 1.29 is 28.7 Å². The number of carbonyl (C=O) groups is 4. The summed E-state index contributed by atoms with van der Waals surface area (Å²) in [5.41, 5.74) is 0.439. The molecule has 2 aromatic rings. The van der Waals surface area contributed by atoms with E-state index in [2.05, 4.69) is 10.6 Å². The molecule has 1 unspecified atom stereocenters. The summed E-state index contributed by atoms with van der Waals surface area (Å²) in [6.07, 6.45) is 0. The van der Waals surface area contributed by atoms with Crippen LogP contribution in [0.1, 0.15) is 28.4 Å². The Kier molecular flexibility index (Phi) is 5.96. The lowest BCUT2D eigenvalue weighted by Gasteiger charge is -2.23. The average molecular weight is 425 g/mol. The second kappa shape index (κ2) is 8.47. The summed E-state index contributed by atoms with van der Waals surface area (Å²) in [4.78, 5) is 50.8. The number of hydrogen-bond donors (Lipinski definition) is 2. The number of nitrogens with zero attached hydrogens (tertiary/aromatic N) is 1. The van der Waals surface area contributed by atoms with Gasteiger partial charge in [-0.05, 0) is 49.2 Å². The fourth-order valence-electron chi connectivity index (χ4n) is 3.44. The molecule has 31 heavy (non-hydrogen) atoms. The summed E-state index contributed by atoms with van der Waals surface area (Å²) in [5.74, 6) is -1.15. The summed E-state index contributed by atoms with van der Waals surface area (Å²) < 4.78 is 9.94. The first-order valence-corrected chi connectivity index (χ1v) is 9.47. The van der Waals surface area contributed by atoms with Crippen LogP contribution in [0.4, 0.5) is 10.5 Å². The summed E-state index contributed by atoms with van der Waals surface area (Å²) in [5, 5.41) is 5.22. The largest absolute Gasteiger partial charge is 0.496 e. The molecular weight excluding hydrogens is 402 g/mol. The van der Waals surface area contributed by atoms with Crippen molar-refractivity contribution in [2.45, 2.75) is 19.4 Å². The molecule has 1 saturated heterocycles. The smallest absolute Gasteiger partial charge is 0.339 e. The van der Waals surface area contributed by atoms with Crippen LogP contribution in [-0.2, 0) is 19.9 Å². The molecule has 1 aliphatic heterocycles. The van der Waals surface area contributed by atoms with Crippen molar-refractivity contribution in [2.75, 3.05) is 26.1 Å². The van der Waals surface area contributed by atoms with Crippen molar-refractivity contribution >= 4 is 29.5 Å². The Bertz CT molecular complexity index is 1070. The zero-order valence-corrected chi connectivity index (χ0v) is 17.6. The highest BCUT2D eigenvalue weighted by Gasteiger charge is 2.49. The molecule has 1 fully saturated rings. The summed E-state index contributed by atoms with van der Waals surface area (Å²) >= 11 is 0. The highest BCUT2D eigenvalue weighted by Crippen LogP contribution is 2.31. The van der Waals surface area contributed by atoms with Crippen LogP contribution in [0.25, 0.3) is 0 Å². The van der Waals surface area contributed by atoms with Crippen molar-refractivity contribution in [2.24, 2.45) is 0 Å². The van der Waals surface area contributed by atoms with E-state index in [0.717, 1.165) is 10.5 Å². The molecule has 162 valence electrons. The first-order chi connectivity index (χ1) is 14.7. The van der Waals surface area contributed by atoms with E-state index in [1.165, 1.54) is 19.2 Å². The lowest BCUT2D eigenvalue weighted by molar-refractivity contribution is -0.133. The standard InChI is InChI=1S/C22H23N3O6/c1-13-11-14(9-10-17(13)30-3)22(2)20(28)25(21(29)24-22)12-18(26)23-16-8-6-5-7-15(16)19(27)31-4/h5-11H,12H2,1-4H3,(H,23,26)(H,24,29). The van der Waals surface area contributed by atoms with Gasteiger partial charge in [0.25, 0.3) is 5.91 Å². The van der Waals surface area contributed by atoms with E-state index in [4.69, 9.17) is 9.47 Å². The predicted octanol–water partition coefficient (Wildman–Crippen LogP) is 2.20. The van der Waals surface area contributed by atoms with E-state index in [1.54, 1.807) is 44.4 Å². The highest BCUT2D eigenvalue weighted by molar-refractivity contribution is 6.11. The van der Waals surface area contributed by atoms with E-state index < -0.39 is 35.9 Å². The number of para-hydroxylation sites is 1. The molecule has 9 nitrogen and oxygen atoms in total. The minimum Gasteiger partial charge on any atom is -0.496 e. The van der Waals surface area contributed by atoms with Crippen LogP contribution in [0.5, 0.6) is 5.75 Å². The second-order valence-corrected chi connectivity index (χ2v) is 7.22. The van der Waals surface area contributed by atoms with Gasteiger partial charge in [0.15, 0.2) is 0 Å². The summed E-state index contributed by atoms with van der Waals surface area (Å²) in [7, 11) is 2.78. The molecule has 2 aromatic carbocycles. The highest BCUT2D eigenvalue weighted by atomic mass is 16.5. The number of carbonyl (C=O) groups excluding carboxylic acids is 4. The van der Waals surface area contributed by atoms with Crippen LogP contribution in [0, 0.1) is 6.92 Å². The third-order valence-corrected chi connectivity index (χ3v) is 5.16. The summed E-state index contributed by atoms with van der Waals surface area (Å²) in [6, 6.07) is 10.8. The van der Waals surface area contributed by atoms with Crippen molar-refractivity contribution in [3.63, 3.8) is 0 Å². The van der Waals surface area contributed by atoms with Gasteiger partial charge in [0.1, 0.15) is 17.8 Å². The van der Waals surface area contributed by atoms with Gasteiger partial charge in [-0.15, -0.1) is 0 Å². The third kappa shape index (κ3) is 4.07. The van der Waals surface area contributed by atoms with Crippen LogP contribution in [0.3, 0.4) is 0 Å². The average Bonchev–Trinajstić information content (AvgIpc) is 2.97. The molecule has 0 saturated carbocycles.